The fourth-order valence-corrected chi connectivity index (χ4v) is 10.4. The number of anilines is 13. The van der Waals surface area contributed by atoms with Crippen LogP contribution in [0.15, 0.2) is 237 Å². The maximum absolute atomic E-state index is 14.1. The van der Waals surface area contributed by atoms with Gasteiger partial charge in [0.05, 0.1) is 6.54 Å². The number of hydrogen-bond donors (Lipinski definition) is 6. The molecule has 0 spiro atoms. The lowest BCUT2D eigenvalue weighted by Gasteiger charge is -2.17. The van der Waals surface area contributed by atoms with Crippen molar-refractivity contribution < 1.29 is 28.6 Å². The largest absolute Gasteiger partial charge is 0.458 e. The van der Waals surface area contributed by atoms with E-state index in [0.717, 1.165) is 23.6 Å². The third kappa shape index (κ3) is 21.0. The van der Waals surface area contributed by atoms with Crippen LogP contribution in [-0.4, -0.2) is 121 Å². The number of carbonyl (C=O) groups excluding carboxylic acids is 3. The molecule has 3 amide bonds. The Labute approximate surface area is 596 Å². The van der Waals surface area contributed by atoms with Gasteiger partial charge >= 0.3 is 0 Å². The van der Waals surface area contributed by atoms with Gasteiger partial charge in [0.1, 0.15) is 105 Å². The molecule has 4 aromatic carbocycles. The number of nitrogens with one attached hydrogen (secondary N) is 6. The van der Waals surface area contributed by atoms with Crippen LogP contribution in [-0.2, 0) is 20.9 Å². The molecule has 1 atom stereocenters. The lowest BCUT2D eigenvalue weighted by molar-refractivity contribution is -0.114. The van der Waals surface area contributed by atoms with Gasteiger partial charge in [-0.2, -0.15) is 0 Å². The highest BCUT2D eigenvalue weighted by molar-refractivity contribution is 6.03. The van der Waals surface area contributed by atoms with Crippen molar-refractivity contribution in [3.8, 4) is 28.9 Å². The maximum Gasteiger partial charge on any atom is 0.252 e. The molecular formula is C78H77N19O6. The molecule has 1 unspecified atom stereocenters. The summed E-state index contributed by atoms with van der Waals surface area (Å²) in [6.07, 6.45) is 20.3. The maximum atomic E-state index is 14.1. The SMILES string of the molecule is CC1C=C(Oc2ccc(Nc3cc(Nc4cccc(N(C)C(=O)/C=C/CN(C)C)n4)nc(/C=C/C(=O)N(C)c4cccc(Nc5cc(Nc6ccc(Oc7ccccc7)cc6)nc(CN(C)C/C=C/C(=O)Nc6cccc(Nc7cc(Oc8cccc(C9CC9)c8)ncn7)n6)n5)n4)n3)cc2)C=CC1. The summed E-state index contributed by atoms with van der Waals surface area (Å²) in [5, 5.41) is 19.4. The third-order valence-corrected chi connectivity index (χ3v) is 15.8. The molecule has 520 valence electrons. The third-order valence-electron chi connectivity index (χ3n) is 15.8. The van der Waals surface area contributed by atoms with Crippen molar-refractivity contribution in [2.45, 2.75) is 38.6 Å². The van der Waals surface area contributed by atoms with E-state index in [1.54, 1.807) is 99.0 Å². The number of ether oxygens (including phenoxy) is 3. The van der Waals surface area contributed by atoms with Gasteiger partial charge in [-0.3, -0.25) is 29.1 Å². The predicted molar refractivity (Wildman–Crippen MR) is 402 cm³/mol. The molecule has 103 heavy (non-hydrogen) atoms. The number of likely N-dealkylation sites (N-methyl/N-ethyl adjacent to an activating group) is 4. The molecule has 2 aliphatic carbocycles. The molecule has 0 bridgehead atoms. The summed E-state index contributed by atoms with van der Waals surface area (Å²) in [6, 6.07) is 53.5. The summed E-state index contributed by atoms with van der Waals surface area (Å²) in [5.74, 6) is 8.93. The van der Waals surface area contributed by atoms with Gasteiger partial charge in [-0.15, -0.1) is 0 Å². The van der Waals surface area contributed by atoms with Gasteiger partial charge in [0.2, 0.25) is 11.8 Å². The zero-order valence-corrected chi connectivity index (χ0v) is 57.7. The van der Waals surface area contributed by atoms with E-state index in [-0.39, 0.29) is 24.2 Å². The van der Waals surface area contributed by atoms with Crippen LogP contribution >= 0.6 is 0 Å². The molecule has 2 aliphatic rings. The van der Waals surface area contributed by atoms with Crippen molar-refractivity contribution in [3.63, 3.8) is 0 Å². The van der Waals surface area contributed by atoms with Crippen LogP contribution < -0.4 is 55.9 Å². The first-order valence-corrected chi connectivity index (χ1v) is 33.4. The van der Waals surface area contributed by atoms with Crippen molar-refractivity contribution in [3.05, 3.63) is 254 Å². The van der Waals surface area contributed by atoms with Crippen LogP contribution in [0.1, 0.15) is 49.3 Å². The van der Waals surface area contributed by atoms with Crippen LogP contribution in [0.25, 0.3) is 6.08 Å². The number of aromatic nitrogens is 9. The number of rotatable bonds is 30. The number of hydrogen-bond acceptors (Lipinski definition) is 22. The standard InChI is InChI=1S/C78H77N19O6/c1-52-17-10-21-60(45-52)102-59-39-35-55(36-40-59)81-68-47-70(85-63-25-13-27-73(91-63)96(5)77(99)30-16-43-94(2)3)88-66(87-68)41-42-78(100)97(6)74-28-14-26-64(92-74)86-71-48-69(82-56-33-37-58(38-34-56)101-57-19-8-7-9-20-57)89-72(90-71)50-95(4)44-15-29-75(98)93-65-24-12-23-62(83-65)84-67-49-76(80-51-79-67)103-61-22-11-18-54(46-61)53-31-32-53/h7-16,18-30,33-42,45-49,51-53H,17,31-32,43-44,50H2,1-6H3,(H2,81,85,87,88,91)(H2,82,86,89,90,92)(H2,79,80,83,84,93,98)/b29-15+,30-16+,42-41+. The zero-order chi connectivity index (χ0) is 71.4. The van der Waals surface area contributed by atoms with Gasteiger partial charge in [0.15, 0.2) is 5.82 Å². The lowest BCUT2D eigenvalue weighted by Crippen LogP contribution is -2.25. The minimum absolute atomic E-state index is 0.195. The predicted octanol–water partition coefficient (Wildman–Crippen LogP) is 14.7. The first-order valence-electron chi connectivity index (χ1n) is 33.4. The number of nitrogens with zero attached hydrogens (tertiary/aromatic N) is 13. The van der Waals surface area contributed by atoms with Crippen molar-refractivity contribution in [1.29, 1.82) is 0 Å². The lowest BCUT2D eigenvalue weighted by atomic mass is 10.0. The van der Waals surface area contributed by atoms with Crippen molar-refractivity contribution >= 4 is 99.2 Å². The Morgan fingerprint density at radius 1 is 0.495 bits per heavy atom. The number of carbonyl (C=O) groups is 3. The Morgan fingerprint density at radius 2 is 1.06 bits per heavy atom. The number of para-hydroxylation sites is 1. The van der Waals surface area contributed by atoms with Gasteiger partial charge in [-0.05, 0) is 185 Å². The Kier molecular flexibility index (Phi) is 22.9. The van der Waals surface area contributed by atoms with Crippen LogP contribution in [0.5, 0.6) is 28.9 Å². The van der Waals surface area contributed by atoms with Crippen LogP contribution in [0.4, 0.5) is 75.4 Å². The Morgan fingerprint density at radius 3 is 1.72 bits per heavy atom. The van der Waals surface area contributed by atoms with Gasteiger partial charge in [-0.25, -0.2) is 44.9 Å². The van der Waals surface area contributed by atoms with Gasteiger partial charge in [0.25, 0.3) is 11.8 Å². The summed E-state index contributed by atoms with van der Waals surface area (Å²) >= 11 is 0. The average molecular weight is 1380 g/mol. The highest BCUT2D eigenvalue weighted by Gasteiger charge is 2.24. The zero-order valence-electron chi connectivity index (χ0n) is 57.7. The van der Waals surface area contributed by atoms with E-state index < -0.39 is 5.91 Å². The quantitative estimate of drug-likeness (QED) is 0.0228. The van der Waals surface area contributed by atoms with E-state index in [2.05, 4.69) is 72.0 Å². The van der Waals surface area contributed by atoms with Crippen molar-refractivity contribution in [2.75, 3.05) is 90.0 Å². The highest BCUT2D eigenvalue weighted by Crippen LogP contribution is 2.41. The van der Waals surface area contributed by atoms with Gasteiger partial charge in [-0.1, -0.05) is 73.7 Å². The second-order valence-corrected chi connectivity index (χ2v) is 24.7. The molecule has 1 fully saturated rings. The topological polar surface area (TPSA) is 280 Å². The molecule has 6 aromatic heterocycles. The molecule has 25 heteroatoms. The molecule has 6 heterocycles. The number of pyridine rings is 3. The Hall–Kier alpha value is -13.0. The summed E-state index contributed by atoms with van der Waals surface area (Å²) < 4.78 is 18.3. The average Bonchev–Trinajstić information content (AvgIpc) is 1.72. The normalized spacial score (nSPS) is 13.4. The molecule has 6 N–H and O–H groups in total. The van der Waals surface area contributed by atoms with E-state index in [0.29, 0.717) is 124 Å². The van der Waals surface area contributed by atoms with Crippen LogP contribution in [0, 0.1) is 5.92 Å². The number of benzene rings is 4. The summed E-state index contributed by atoms with van der Waals surface area (Å²) in [5.41, 5.74) is 2.71. The van der Waals surface area contributed by atoms with E-state index in [9.17, 15) is 14.4 Å². The smallest absolute Gasteiger partial charge is 0.252 e. The Bertz CT molecular complexity index is 4780. The number of amides is 3. The minimum Gasteiger partial charge on any atom is -0.458 e. The second-order valence-electron chi connectivity index (χ2n) is 24.7. The molecular weight excluding hydrogens is 1300 g/mol. The first-order chi connectivity index (χ1) is 50.1. The molecule has 0 aliphatic heterocycles. The molecule has 0 radical (unpaired) electrons. The fraction of sp³-hybridized carbons (Fsp3) is 0.179. The minimum atomic E-state index is -0.426. The second kappa shape index (κ2) is 33.7. The summed E-state index contributed by atoms with van der Waals surface area (Å²) in [6.45, 7) is 3.38. The van der Waals surface area contributed by atoms with E-state index in [4.69, 9.17) is 44.1 Å². The van der Waals surface area contributed by atoms with E-state index in [1.165, 1.54) is 58.8 Å². The fourth-order valence-electron chi connectivity index (χ4n) is 10.4. The van der Waals surface area contributed by atoms with E-state index >= 15 is 0 Å². The number of allylic oxidation sites excluding steroid dienone is 3. The van der Waals surface area contributed by atoms with Crippen molar-refractivity contribution in [2.24, 2.45) is 5.92 Å². The Balaban J connectivity index is 0.717. The van der Waals surface area contributed by atoms with Crippen LogP contribution in [0.3, 0.4) is 0 Å². The summed E-state index contributed by atoms with van der Waals surface area (Å²) in [7, 11) is 9.01. The molecule has 0 saturated heterocycles. The first kappa shape index (κ1) is 69.9. The summed E-state index contributed by atoms with van der Waals surface area (Å²) in [4.78, 5) is 89.3. The van der Waals surface area contributed by atoms with E-state index in [1.807, 2.05) is 134 Å². The molecule has 10 aromatic rings. The molecule has 12 rings (SSSR count). The van der Waals surface area contributed by atoms with Gasteiger partial charge < -0.3 is 51.0 Å². The van der Waals surface area contributed by atoms with Crippen LogP contribution in [0.2, 0.25) is 0 Å². The highest BCUT2D eigenvalue weighted by atomic mass is 16.5. The van der Waals surface area contributed by atoms with Crippen molar-refractivity contribution in [1.82, 2.24) is 54.7 Å². The monoisotopic (exact) mass is 1380 g/mol. The molecule has 25 nitrogen and oxygen atoms in total. The van der Waals surface area contributed by atoms with Gasteiger partial charge in [0, 0.05) is 75.0 Å². The molecule has 1 saturated carbocycles.